The highest BCUT2D eigenvalue weighted by Crippen LogP contribution is 2.38. The van der Waals surface area contributed by atoms with E-state index in [2.05, 4.69) is 31.3 Å². The van der Waals surface area contributed by atoms with Gasteiger partial charge in [-0.25, -0.2) is 0 Å². The van der Waals surface area contributed by atoms with E-state index in [4.69, 9.17) is 9.05 Å². The quantitative estimate of drug-likeness (QED) is 0.0272. The number of aliphatic hydroxyl groups is 1. The molecule has 0 aromatic carbocycles. The van der Waals surface area contributed by atoms with Crippen LogP contribution >= 0.6 is 7.82 Å². The lowest BCUT2D eigenvalue weighted by Gasteiger charge is -2.29. The lowest BCUT2D eigenvalue weighted by atomic mass is 10.0. The summed E-state index contributed by atoms with van der Waals surface area (Å²) in [5, 5.41) is 13.8. The van der Waals surface area contributed by atoms with E-state index in [-0.39, 0.29) is 19.1 Å². The van der Waals surface area contributed by atoms with Gasteiger partial charge in [0.2, 0.25) is 5.91 Å². The Morgan fingerprint density at radius 2 is 0.889 bits per heavy atom. The first-order valence-corrected chi connectivity index (χ1v) is 28.7. The fourth-order valence-electron chi connectivity index (χ4n) is 8.08. The van der Waals surface area contributed by atoms with Crippen molar-refractivity contribution in [1.82, 2.24) is 5.32 Å². The SMILES string of the molecule is CCCC/C=C\CCCCCCCC(=O)NC(COP(=O)([O-])OCC[N+](C)(C)C)C(O)/C=C/CCCCCCCCCCCCCCCCCCCCCCCCCCCCCC. The van der Waals surface area contributed by atoms with Gasteiger partial charge in [-0.3, -0.25) is 9.36 Å². The molecule has 0 aromatic rings. The van der Waals surface area contributed by atoms with Crippen molar-refractivity contribution in [2.75, 3.05) is 40.9 Å². The van der Waals surface area contributed by atoms with Gasteiger partial charge >= 0.3 is 0 Å². The first-order valence-electron chi connectivity index (χ1n) is 27.2. The predicted molar refractivity (Wildman–Crippen MR) is 270 cm³/mol. The lowest BCUT2D eigenvalue weighted by Crippen LogP contribution is -2.45. The first-order chi connectivity index (χ1) is 30.5. The van der Waals surface area contributed by atoms with E-state index in [0.29, 0.717) is 17.4 Å². The molecule has 0 heterocycles. The van der Waals surface area contributed by atoms with Crippen molar-refractivity contribution in [3.8, 4) is 0 Å². The van der Waals surface area contributed by atoms with Crippen LogP contribution in [-0.4, -0.2) is 68.5 Å². The molecule has 2 N–H and O–H groups in total. The van der Waals surface area contributed by atoms with Gasteiger partial charge in [0.1, 0.15) is 13.2 Å². The molecule has 3 unspecified atom stereocenters. The van der Waals surface area contributed by atoms with Gasteiger partial charge in [-0.15, -0.1) is 0 Å². The van der Waals surface area contributed by atoms with Crippen molar-refractivity contribution in [2.45, 2.75) is 276 Å². The smallest absolute Gasteiger partial charge is 0.268 e. The maximum Gasteiger partial charge on any atom is 0.268 e. The molecule has 0 fully saturated rings. The summed E-state index contributed by atoms with van der Waals surface area (Å²) in [6.45, 7) is 4.62. The second-order valence-electron chi connectivity index (χ2n) is 19.9. The van der Waals surface area contributed by atoms with Gasteiger partial charge in [-0.05, 0) is 38.5 Å². The third kappa shape index (κ3) is 48.7. The van der Waals surface area contributed by atoms with Gasteiger partial charge in [0.05, 0.1) is 39.9 Å². The second-order valence-corrected chi connectivity index (χ2v) is 21.3. The number of nitrogens with zero attached hydrogens (tertiary/aromatic N) is 1. The number of aliphatic hydroxyl groups excluding tert-OH is 1. The number of nitrogens with one attached hydrogen (secondary N) is 1. The molecule has 0 spiro atoms. The van der Waals surface area contributed by atoms with E-state index in [1.165, 1.54) is 186 Å². The van der Waals surface area contributed by atoms with Gasteiger partial charge in [0, 0.05) is 6.42 Å². The molecule has 0 aromatic heterocycles. The number of amides is 1. The largest absolute Gasteiger partial charge is 0.756 e. The number of unbranched alkanes of at least 4 members (excludes halogenated alkanes) is 35. The van der Waals surface area contributed by atoms with Gasteiger partial charge in [-0.2, -0.15) is 0 Å². The zero-order valence-corrected chi connectivity index (χ0v) is 43.4. The number of carbonyl (C=O) groups is 1. The lowest BCUT2D eigenvalue weighted by molar-refractivity contribution is -0.870. The Morgan fingerprint density at radius 1 is 0.540 bits per heavy atom. The van der Waals surface area contributed by atoms with Crippen LogP contribution in [0.5, 0.6) is 0 Å². The molecular formula is C54H107N2O6P. The molecule has 374 valence electrons. The van der Waals surface area contributed by atoms with Crippen molar-refractivity contribution >= 4 is 13.7 Å². The predicted octanol–water partition coefficient (Wildman–Crippen LogP) is 15.4. The summed E-state index contributed by atoms with van der Waals surface area (Å²) < 4.78 is 23.2. The number of quaternary nitrogens is 1. The van der Waals surface area contributed by atoms with Crippen LogP contribution < -0.4 is 10.2 Å². The molecule has 63 heavy (non-hydrogen) atoms. The highest BCUT2D eigenvalue weighted by atomic mass is 31.2. The highest BCUT2D eigenvalue weighted by molar-refractivity contribution is 7.45. The van der Waals surface area contributed by atoms with Crippen LogP contribution in [-0.2, 0) is 18.4 Å². The normalized spacial score (nSPS) is 14.2. The number of phosphoric acid groups is 1. The molecule has 3 atom stereocenters. The van der Waals surface area contributed by atoms with Crippen LogP contribution in [0.1, 0.15) is 264 Å². The molecule has 0 saturated heterocycles. The first kappa shape index (κ1) is 62.0. The Hall–Kier alpha value is -1.02. The van der Waals surface area contributed by atoms with Crippen molar-refractivity contribution in [3.63, 3.8) is 0 Å². The number of hydrogen-bond acceptors (Lipinski definition) is 6. The Bertz CT molecular complexity index is 1080. The van der Waals surface area contributed by atoms with Crippen LogP contribution in [0, 0.1) is 0 Å². The molecule has 0 aliphatic carbocycles. The van der Waals surface area contributed by atoms with Crippen molar-refractivity contribution in [1.29, 1.82) is 0 Å². The molecule has 0 aliphatic heterocycles. The maximum atomic E-state index is 12.8. The van der Waals surface area contributed by atoms with E-state index in [9.17, 15) is 19.4 Å². The topological polar surface area (TPSA) is 108 Å². The minimum atomic E-state index is -4.59. The summed E-state index contributed by atoms with van der Waals surface area (Å²) in [5.74, 6) is -0.206. The van der Waals surface area contributed by atoms with Crippen LogP contribution in [0.15, 0.2) is 24.3 Å². The molecule has 8 nitrogen and oxygen atoms in total. The Labute approximate surface area is 392 Å². The van der Waals surface area contributed by atoms with Gasteiger partial charge in [0.15, 0.2) is 0 Å². The highest BCUT2D eigenvalue weighted by Gasteiger charge is 2.23. The molecule has 0 radical (unpaired) electrons. The molecule has 1 amide bonds. The summed E-state index contributed by atoms with van der Waals surface area (Å²) in [5.41, 5.74) is 0. The third-order valence-electron chi connectivity index (χ3n) is 12.4. The minimum absolute atomic E-state index is 0.00142. The monoisotopic (exact) mass is 911 g/mol. The van der Waals surface area contributed by atoms with E-state index >= 15 is 0 Å². The molecule has 0 saturated carbocycles. The van der Waals surface area contributed by atoms with Crippen LogP contribution in [0.2, 0.25) is 0 Å². The Kier molecular flexibility index (Phi) is 45.4. The number of rotatable bonds is 50. The number of hydrogen-bond donors (Lipinski definition) is 2. The van der Waals surface area contributed by atoms with Crippen LogP contribution in [0.4, 0.5) is 0 Å². The van der Waals surface area contributed by atoms with Crippen LogP contribution in [0.25, 0.3) is 0 Å². The zero-order chi connectivity index (χ0) is 46.4. The average molecular weight is 911 g/mol. The van der Waals surface area contributed by atoms with E-state index in [1.54, 1.807) is 6.08 Å². The Morgan fingerprint density at radius 3 is 1.29 bits per heavy atom. The van der Waals surface area contributed by atoms with Gasteiger partial charge < -0.3 is 28.8 Å². The molecule has 0 aliphatic rings. The molecular weight excluding hydrogens is 804 g/mol. The molecule has 0 bridgehead atoms. The summed E-state index contributed by atoms with van der Waals surface area (Å²) in [4.78, 5) is 25.3. The number of phosphoric ester groups is 1. The number of likely N-dealkylation sites (N-methyl/N-ethyl adjacent to an activating group) is 1. The number of allylic oxidation sites excluding steroid dienone is 3. The fourth-order valence-corrected chi connectivity index (χ4v) is 8.80. The average Bonchev–Trinajstić information content (AvgIpc) is 3.24. The van der Waals surface area contributed by atoms with Crippen molar-refractivity contribution in [2.24, 2.45) is 0 Å². The summed E-state index contributed by atoms with van der Waals surface area (Å²) >= 11 is 0. The fraction of sp³-hybridized carbons (Fsp3) is 0.907. The van der Waals surface area contributed by atoms with Crippen molar-refractivity contribution < 1.29 is 32.9 Å². The van der Waals surface area contributed by atoms with Gasteiger partial charge in [0.25, 0.3) is 7.82 Å². The number of carbonyl (C=O) groups excluding carboxylic acids is 1. The standard InChI is InChI=1S/C54H107N2O6P/c1-6-8-10-12-14-16-18-19-20-21-22-23-24-25-26-27-28-29-30-31-32-33-34-35-36-38-39-41-43-45-47-53(57)52(51-62-63(59,60)61-50-49-56(3,4)5)55-54(58)48-46-44-42-40-37-17-15-13-11-9-7-2/h13,15,45,47,52-53,57H,6-12,14,16-44,46,48-51H2,1-5H3,(H-,55,58,59,60)/b15-13-,47-45+. The summed E-state index contributed by atoms with van der Waals surface area (Å²) in [6.07, 6.45) is 57.0. The molecule has 0 rings (SSSR count). The van der Waals surface area contributed by atoms with Crippen LogP contribution in [0.3, 0.4) is 0 Å². The summed E-state index contributed by atoms with van der Waals surface area (Å²) in [7, 11) is 1.26. The Balaban J connectivity index is 4.06. The van der Waals surface area contributed by atoms with E-state index < -0.39 is 20.0 Å². The zero-order valence-electron chi connectivity index (χ0n) is 42.5. The second kappa shape index (κ2) is 46.1. The van der Waals surface area contributed by atoms with Gasteiger partial charge in [-0.1, -0.05) is 244 Å². The molecule has 9 heteroatoms. The maximum absolute atomic E-state index is 12.8. The van der Waals surface area contributed by atoms with E-state index in [1.807, 2.05) is 27.2 Å². The minimum Gasteiger partial charge on any atom is -0.756 e. The van der Waals surface area contributed by atoms with Crippen molar-refractivity contribution in [3.05, 3.63) is 24.3 Å². The third-order valence-corrected chi connectivity index (χ3v) is 13.4. The summed E-state index contributed by atoms with van der Waals surface area (Å²) in [6, 6.07) is -0.888. The van der Waals surface area contributed by atoms with E-state index in [0.717, 1.165) is 57.8 Å².